The van der Waals surface area contributed by atoms with Crippen molar-refractivity contribution in [1.29, 1.82) is 0 Å². The van der Waals surface area contributed by atoms with E-state index >= 15 is 0 Å². The van der Waals surface area contributed by atoms with Crippen molar-refractivity contribution in [2.24, 2.45) is 0 Å². The second-order valence-corrected chi connectivity index (χ2v) is 6.70. The zero-order chi connectivity index (χ0) is 23.7. The number of amides is 2. The molecule has 0 atom stereocenters. The van der Waals surface area contributed by atoms with Crippen LogP contribution in [0.15, 0.2) is 65.3 Å². The van der Waals surface area contributed by atoms with Gasteiger partial charge < -0.3 is 24.5 Å². The first-order valence-electron chi connectivity index (χ1n) is 9.80. The van der Waals surface area contributed by atoms with Gasteiger partial charge in [-0.1, -0.05) is 30.3 Å². The van der Waals surface area contributed by atoms with Crippen LogP contribution in [0.3, 0.4) is 0 Å². The van der Waals surface area contributed by atoms with Crippen molar-refractivity contribution >= 4 is 11.8 Å². The number of aromatic nitrogens is 1. The zero-order valence-corrected chi connectivity index (χ0v) is 17.2. The molecule has 0 aliphatic rings. The number of hydrogen-bond donors (Lipinski definition) is 2. The number of carbonyl (C=O) groups is 2. The summed E-state index contributed by atoms with van der Waals surface area (Å²) in [6.45, 7) is -0.0205. The lowest BCUT2D eigenvalue weighted by atomic mass is 10.1. The van der Waals surface area contributed by atoms with E-state index in [1.54, 1.807) is 0 Å². The molecule has 0 fully saturated rings. The minimum atomic E-state index is -4.79. The Morgan fingerprint density at radius 1 is 0.970 bits per heavy atom. The summed E-state index contributed by atoms with van der Waals surface area (Å²) in [5.74, 6) is -0.996. The number of halogens is 3. The van der Waals surface area contributed by atoms with Gasteiger partial charge in [0.05, 0.1) is 6.54 Å². The average molecular weight is 463 g/mol. The third-order valence-corrected chi connectivity index (χ3v) is 4.19. The topological polar surface area (TPSA) is 103 Å². The summed E-state index contributed by atoms with van der Waals surface area (Å²) in [5, 5.41) is 5.24. The summed E-state index contributed by atoms with van der Waals surface area (Å²) in [7, 11) is 0. The predicted octanol–water partition coefficient (Wildman–Crippen LogP) is 3.24. The van der Waals surface area contributed by atoms with Crippen LogP contribution >= 0.6 is 0 Å². The second kappa shape index (κ2) is 11.0. The monoisotopic (exact) mass is 463 g/mol. The van der Waals surface area contributed by atoms with Crippen LogP contribution in [-0.2, 0) is 17.8 Å². The fourth-order valence-electron chi connectivity index (χ4n) is 2.66. The lowest BCUT2D eigenvalue weighted by Gasteiger charge is -2.10. The fraction of sp³-hybridized carbons (Fsp3) is 0.227. The van der Waals surface area contributed by atoms with E-state index in [1.807, 2.05) is 30.3 Å². The smallest absolute Gasteiger partial charge is 0.484 e. The Kier molecular flexibility index (Phi) is 7.90. The number of hydrogen-bond acceptors (Lipinski definition) is 6. The van der Waals surface area contributed by atoms with Crippen molar-refractivity contribution in [3.05, 3.63) is 78.0 Å². The van der Waals surface area contributed by atoms with E-state index in [2.05, 4.69) is 20.4 Å². The largest absolute Gasteiger partial charge is 0.573 e. The van der Waals surface area contributed by atoms with Crippen LogP contribution in [0.25, 0.3) is 0 Å². The summed E-state index contributed by atoms with van der Waals surface area (Å²) in [6.07, 6.45) is -2.92. The number of alkyl halides is 3. The summed E-state index contributed by atoms with van der Waals surface area (Å²) in [5.41, 5.74) is 1.18. The summed E-state index contributed by atoms with van der Waals surface area (Å²) in [4.78, 5) is 28.1. The number of carbonyl (C=O) groups excluding carboxylic acids is 2. The second-order valence-electron chi connectivity index (χ2n) is 6.70. The number of oxazole rings is 1. The maximum absolute atomic E-state index is 12.1. The number of rotatable bonds is 10. The van der Waals surface area contributed by atoms with Gasteiger partial charge in [-0.15, -0.1) is 13.2 Å². The molecule has 8 nitrogen and oxygen atoms in total. The third kappa shape index (κ3) is 8.20. The molecule has 1 heterocycles. The van der Waals surface area contributed by atoms with Crippen molar-refractivity contribution in [1.82, 2.24) is 15.6 Å². The van der Waals surface area contributed by atoms with E-state index in [0.717, 1.165) is 17.7 Å². The molecule has 0 unspecified atom stereocenters. The van der Waals surface area contributed by atoms with Crippen LogP contribution in [-0.4, -0.2) is 36.3 Å². The summed E-state index contributed by atoms with van der Waals surface area (Å²) in [6, 6.07) is 14.3. The van der Waals surface area contributed by atoms with Crippen molar-refractivity contribution in [2.45, 2.75) is 19.3 Å². The molecular formula is C22H20F3N3O5. The van der Waals surface area contributed by atoms with Crippen molar-refractivity contribution in [3.63, 3.8) is 0 Å². The molecule has 0 spiro atoms. The van der Waals surface area contributed by atoms with Crippen molar-refractivity contribution < 1.29 is 36.7 Å². The van der Waals surface area contributed by atoms with Crippen molar-refractivity contribution in [3.8, 4) is 11.5 Å². The normalized spacial score (nSPS) is 11.0. The highest BCUT2D eigenvalue weighted by Gasteiger charge is 2.31. The van der Waals surface area contributed by atoms with Crippen molar-refractivity contribution in [2.75, 3.05) is 13.2 Å². The van der Waals surface area contributed by atoms with Gasteiger partial charge in [-0.2, -0.15) is 0 Å². The first kappa shape index (κ1) is 23.6. The first-order chi connectivity index (χ1) is 15.8. The minimum Gasteiger partial charge on any atom is -0.484 e. The summed E-state index contributed by atoms with van der Waals surface area (Å²) >= 11 is 0. The van der Waals surface area contributed by atoms with Crippen LogP contribution in [0.2, 0.25) is 0 Å². The molecule has 3 rings (SSSR count). The maximum atomic E-state index is 12.1. The van der Waals surface area contributed by atoms with E-state index < -0.39 is 23.9 Å². The fourth-order valence-corrected chi connectivity index (χ4v) is 2.66. The molecule has 0 bridgehead atoms. The van der Waals surface area contributed by atoms with Crippen LogP contribution < -0.4 is 20.1 Å². The number of nitrogens with zero attached hydrogens (tertiary/aromatic N) is 1. The first-order valence-corrected chi connectivity index (χ1v) is 9.80. The zero-order valence-electron chi connectivity index (χ0n) is 17.2. The van der Waals surface area contributed by atoms with E-state index in [1.165, 1.54) is 18.4 Å². The molecule has 0 aliphatic heterocycles. The van der Waals surface area contributed by atoms with E-state index in [9.17, 15) is 22.8 Å². The molecule has 0 radical (unpaired) electrons. The molecule has 0 aliphatic carbocycles. The molecule has 0 saturated carbocycles. The Morgan fingerprint density at radius 2 is 1.67 bits per heavy atom. The lowest BCUT2D eigenvalue weighted by molar-refractivity contribution is -0.274. The lowest BCUT2D eigenvalue weighted by Crippen LogP contribution is -2.29. The molecule has 33 heavy (non-hydrogen) atoms. The maximum Gasteiger partial charge on any atom is 0.573 e. The molecule has 2 aromatic carbocycles. The molecule has 2 amide bonds. The van der Waals surface area contributed by atoms with Gasteiger partial charge in [0.25, 0.3) is 11.8 Å². The quantitative estimate of drug-likeness (QED) is 0.479. The highest BCUT2D eigenvalue weighted by Crippen LogP contribution is 2.24. The van der Waals surface area contributed by atoms with Gasteiger partial charge in [0, 0.05) is 6.54 Å². The molecule has 11 heteroatoms. The molecule has 174 valence electrons. The van der Waals surface area contributed by atoms with Gasteiger partial charge in [0.2, 0.25) is 5.89 Å². The van der Waals surface area contributed by atoms with Gasteiger partial charge in [0.15, 0.2) is 12.3 Å². The minimum absolute atomic E-state index is 0.0716. The van der Waals surface area contributed by atoms with E-state index in [-0.39, 0.29) is 30.5 Å². The molecule has 2 N–H and O–H groups in total. The predicted molar refractivity (Wildman–Crippen MR) is 109 cm³/mol. The van der Waals surface area contributed by atoms with Crippen LogP contribution in [0.4, 0.5) is 13.2 Å². The Labute approximate surface area is 186 Å². The molecular weight excluding hydrogens is 443 g/mol. The third-order valence-electron chi connectivity index (χ3n) is 4.19. The van der Waals surface area contributed by atoms with Crippen LogP contribution in [0.1, 0.15) is 21.9 Å². The van der Waals surface area contributed by atoms with Crippen LogP contribution in [0, 0.1) is 0 Å². The standard InChI is InChI=1S/C22H20F3N3O5/c23-22(24,25)33-17-8-6-16(7-9-17)31-14-19(29)27-12-20-28-18(13-32-20)21(30)26-11-10-15-4-2-1-3-5-15/h1-9,13H,10-12,14H2,(H,26,30)(H,27,29). The van der Waals surface area contributed by atoms with Gasteiger partial charge in [-0.25, -0.2) is 4.98 Å². The molecule has 3 aromatic rings. The number of nitrogens with one attached hydrogen (secondary N) is 2. The van der Waals surface area contributed by atoms with Gasteiger partial charge in [0.1, 0.15) is 17.8 Å². The Balaban J connectivity index is 1.37. The Hall–Kier alpha value is -4.02. The Morgan fingerprint density at radius 3 is 2.36 bits per heavy atom. The van der Waals surface area contributed by atoms with Gasteiger partial charge in [-0.3, -0.25) is 9.59 Å². The SMILES string of the molecule is O=C(COc1ccc(OC(F)(F)F)cc1)NCc1nc(C(=O)NCCc2ccccc2)co1. The van der Waals surface area contributed by atoms with Crippen LogP contribution in [0.5, 0.6) is 11.5 Å². The molecule has 1 aromatic heterocycles. The molecule has 0 saturated heterocycles. The number of benzene rings is 2. The summed E-state index contributed by atoms with van der Waals surface area (Å²) < 4.78 is 50.6. The number of ether oxygens (including phenoxy) is 2. The van der Waals surface area contributed by atoms with E-state index in [4.69, 9.17) is 9.15 Å². The van der Waals surface area contributed by atoms with Gasteiger partial charge >= 0.3 is 6.36 Å². The van der Waals surface area contributed by atoms with E-state index in [0.29, 0.717) is 13.0 Å². The Bertz CT molecular complexity index is 1050. The van der Waals surface area contributed by atoms with Gasteiger partial charge in [-0.05, 0) is 36.2 Å². The highest BCUT2D eigenvalue weighted by molar-refractivity contribution is 5.91. The highest BCUT2D eigenvalue weighted by atomic mass is 19.4. The average Bonchev–Trinajstić information content (AvgIpc) is 3.26.